The molecule has 2 aliphatic rings. The van der Waals surface area contributed by atoms with E-state index in [-0.39, 0.29) is 0 Å². The minimum absolute atomic E-state index is 0.529. The third kappa shape index (κ3) is 4.70. The fourth-order valence-electron chi connectivity index (χ4n) is 3.23. The van der Waals surface area contributed by atoms with E-state index < -0.39 is 23.5 Å². The van der Waals surface area contributed by atoms with Crippen molar-refractivity contribution in [2.75, 3.05) is 0 Å². The first kappa shape index (κ1) is 20.9. The van der Waals surface area contributed by atoms with Crippen LogP contribution < -0.4 is 32.4 Å². The maximum absolute atomic E-state index is 6.35. The van der Waals surface area contributed by atoms with Gasteiger partial charge in [-0.1, -0.05) is 36.4 Å². The molecule has 2 aromatic rings. The van der Waals surface area contributed by atoms with Gasteiger partial charge in [-0.3, -0.25) is 11.5 Å². The summed E-state index contributed by atoms with van der Waals surface area (Å²) in [7, 11) is 0. The van der Waals surface area contributed by atoms with E-state index in [4.69, 9.17) is 37.1 Å². The van der Waals surface area contributed by atoms with E-state index in [2.05, 4.69) is 0 Å². The van der Waals surface area contributed by atoms with E-state index >= 15 is 0 Å². The molecule has 0 aliphatic heterocycles. The van der Waals surface area contributed by atoms with Gasteiger partial charge in [0.2, 0.25) is 0 Å². The Balaban J connectivity index is 1.41. The first-order valence-corrected chi connectivity index (χ1v) is 9.93. The van der Waals surface area contributed by atoms with Gasteiger partial charge in [-0.2, -0.15) is 0 Å². The minimum Gasteiger partial charge on any atom is -0.467 e. The average molecular weight is 418 g/mol. The highest BCUT2D eigenvalue weighted by atomic mass is 16.5. The van der Waals surface area contributed by atoms with E-state index in [1.54, 1.807) is 36.5 Å². The minimum atomic E-state index is -1.18. The molecule has 0 fully saturated rings. The smallest absolute Gasteiger partial charge is 0.197 e. The van der Waals surface area contributed by atoms with Crippen LogP contribution >= 0.6 is 0 Å². The lowest BCUT2D eigenvalue weighted by Crippen LogP contribution is -2.58. The van der Waals surface area contributed by atoms with Crippen LogP contribution in [0.3, 0.4) is 0 Å². The molecular weight excluding hydrogens is 392 g/mol. The molecule has 0 amide bonds. The van der Waals surface area contributed by atoms with Crippen molar-refractivity contribution in [1.82, 2.24) is 0 Å². The van der Waals surface area contributed by atoms with Crippen molar-refractivity contribution in [3.63, 3.8) is 0 Å². The van der Waals surface area contributed by atoms with Gasteiger partial charge in [-0.15, -0.1) is 0 Å². The number of benzene rings is 2. The Bertz CT molecular complexity index is 952. The van der Waals surface area contributed by atoms with Gasteiger partial charge < -0.3 is 25.7 Å². The number of rotatable bonds is 6. The second-order valence-electron chi connectivity index (χ2n) is 7.50. The summed E-state index contributed by atoms with van der Waals surface area (Å²) in [5.74, 6) is 2.32. The summed E-state index contributed by atoms with van der Waals surface area (Å²) in [6.07, 6.45) is 10.2. The lowest BCUT2D eigenvalue weighted by atomic mass is 9.98. The number of hydrogen-bond acceptors (Lipinski definition) is 7. The number of para-hydroxylation sites is 2. The summed E-state index contributed by atoms with van der Waals surface area (Å²) >= 11 is 0. The third-order valence-electron chi connectivity index (χ3n) is 5.06. The van der Waals surface area contributed by atoms with Gasteiger partial charge in [0.05, 0.1) is 12.1 Å². The maximum atomic E-state index is 6.35. The lowest BCUT2D eigenvalue weighted by Gasteiger charge is -2.35. The molecule has 4 atom stereocenters. The van der Waals surface area contributed by atoms with E-state index in [0.717, 1.165) is 0 Å². The quantitative estimate of drug-likeness (QED) is 0.528. The summed E-state index contributed by atoms with van der Waals surface area (Å²) in [4.78, 5) is 0. The molecule has 4 rings (SSSR count). The predicted octanol–water partition coefficient (Wildman–Crippen LogP) is 2.03. The molecular formula is C24H26N4O3. The van der Waals surface area contributed by atoms with Crippen molar-refractivity contribution < 1.29 is 14.2 Å². The third-order valence-corrected chi connectivity index (χ3v) is 5.06. The summed E-state index contributed by atoms with van der Waals surface area (Å²) in [6.45, 7) is 0. The van der Waals surface area contributed by atoms with Crippen LogP contribution in [0.2, 0.25) is 0 Å². The number of nitrogens with two attached hydrogens (primary N) is 4. The van der Waals surface area contributed by atoms with Gasteiger partial charge in [0, 0.05) is 0 Å². The van der Waals surface area contributed by atoms with Crippen LogP contribution in [0, 0.1) is 0 Å². The van der Waals surface area contributed by atoms with E-state index in [1.165, 1.54) is 0 Å². The largest absolute Gasteiger partial charge is 0.467 e. The zero-order valence-electron chi connectivity index (χ0n) is 16.9. The molecule has 4 unspecified atom stereocenters. The topological polar surface area (TPSA) is 132 Å². The predicted molar refractivity (Wildman–Crippen MR) is 119 cm³/mol. The zero-order valence-corrected chi connectivity index (χ0v) is 16.9. The normalized spacial score (nSPS) is 29.7. The maximum Gasteiger partial charge on any atom is 0.197 e. The van der Waals surface area contributed by atoms with Crippen LogP contribution in [0.4, 0.5) is 0 Å². The first-order chi connectivity index (χ1) is 14.9. The van der Waals surface area contributed by atoms with Crippen molar-refractivity contribution in [1.29, 1.82) is 0 Å². The highest BCUT2D eigenvalue weighted by Crippen LogP contribution is 2.27. The fourth-order valence-corrected chi connectivity index (χ4v) is 3.23. The lowest BCUT2D eigenvalue weighted by molar-refractivity contribution is 0.105. The molecule has 0 aromatic heterocycles. The Morgan fingerprint density at radius 3 is 1.35 bits per heavy atom. The summed E-state index contributed by atoms with van der Waals surface area (Å²) < 4.78 is 17.7. The molecule has 0 heterocycles. The monoisotopic (exact) mass is 418 g/mol. The highest BCUT2D eigenvalue weighted by molar-refractivity contribution is 5.36. The van der Waals surface area contributed by atoms with Crippen LogP contribution in [0.15, 0.2) is 109 Å². The van der Waals surface area contributed by atoms with Gasteiger partial charge in [-0.05, 0) is 60.7 Å². The Morgan fingerprint density at radius 2 is 1.00 bits per heavy atom. The van der Waals surface area contributed by atoms with Crippen LogP contribution in [0.25, 0.3) is 0 Å². The van der Waals surface area contributed by atoms with Crippen LogP contribution in [0.5, 0.6) is 11.5 Å². The molecule has 2 aromatic carbocycles. The Labute approximate surface area is 181 Å². The van der Waals surface area contributed by atoms with Crippen LogP contribution in [0.1, 0.15) is 0 Å². The Morgan fingerprint density at radius 1 is 0.613 bits per heavy atom. The first-order valence-electron chi connectivity index (χ1n) is 9.93. The Hall–Kier alpha value is -3.36. The van der Waals surface area contributed by atoms with E-state index in [0.29, 0.717) is 23.0 Å². The van der Waals surface area contributed by atoms with Crippen LogP contribution in [-0.2, 0) is 4.74 Å². The molecule has 160 valence electrons. The van der Waals surface area contributed by atoms with Gasteiger partial charge >= 0.3 is 0 Å². The fraction of sp³-hybridized carbons (Fsp3) is 0.167. The Kier molecular flexibility index (Phi) is 5.67. The highest BCUT2D eigenvalue weighted by Gasteiger charge is 2.36. The molecule has 0 saturated carbocycles. The average Bonchev–Trinajstić information content (AvgIpc) is 2.75. The van der Waals surface area contributed by atoms with Gasteiger partial charge in [0.15, 0.2) is 11.4 Å². The molecule has 2 aliphatic carbocycles. The molecule has 0 saturated heterocycles. The number of allylic oxidation sites excluding steroid dienone is 2. The van der Waals surface area contributed by atoms with Crippen molar-refractivity contribution >= 4 is 0 Å². The zero-order chi connectivity index (χ0) is 21.9. The molecule has 0 bridgehead atoms. The number of hydrogen-bond donors (Lipinski definition) is 4. The van der Waals surface area contributed by atoms with Gasteiger partial charge in [0.1, 0.15) is 23.0 Å². The van der Waals surface area contributed by atoms with Crippen molar-refractivity contribution in [3.05, 3.63) is 109 Å². The van der Waals surface area contributed by atoms with Crippen molar-refractivity contribution in [3.8, 4) is 11.5 Å². The molecule has 31 heavy (non-hydrogen) atoms. The van der Waals surface area contributed by atoms with Gasteiger partial charge in [-0.25, -0.2) is 0 Å². The standard InChI is InChI=1S/C24H26N4O3/c25-21-15-19(11-13-23(21,27)30-17-7-3-1-4-8-17)29-20-12-14-24(28,22(26)16-20)31-18-9-5-2-6-10-18/h1-16,21-22H,25-28H2. The van der Waals surface area contributed by atoms with Crippen LogP contribution in [-0.4, -0.2) is 23.5 Å². The van der Waals surface area contributed by atoms with E-state index in [9.17, 15) is 0 Å². The molecule has 0 radical (unpaired) electrons. The van der Waals surface area contributed by atoms with E-state index in [1.807, 2.05) is 60.7 Å². The van der Waals surface area contributed by atoms with Crippen molar-refractivity contribution in [2.24, 2.45) is 22.9 Å². The molecule has 8 N–H and O–H groups in total. The number of ether oxygens (including phenoxy) is 3. The SMILES string of the molecule is NC1C=C(OC2=CC(N)C(N)(Oc3ccccc3)C=C2)C=CC1(N)Oc1ccccc1. The second kappa shape index (κ2) is 8.41. The molecule has 7 nitrogen and oxygen atoms in total. The summed E-state index contributed by atoms with van der Waals surface area (Å²) in [6, 6.07) is 17.3. The van der Waals surface area contributed by atoms with Crippen molar-refractivity contribution in [2.45, 2.75) is 23.5 Å². The second-order valence-corrected chi connectivity index (χ2v) is 7.50. The summed E-state index contributed by atoms with van der Waals surface area (Å²) in [5.41, 5.74) is 22.8. The summed E-state index contributed by atoms with van der Waals surface area (Å²) in [5, 5.41) is 0. The molecule has 0 spiro atoms. The molecule has 7 heteroatoms. The van der Waals surface area contributed by atoms with Gasteiger partial charge in [0.25, 0.3) is 0 Å².